The summed E-state index contributed by atoms with van der Waals surface area (Å²) < 4.78 is 5.95. The lowest BCUT2D eigenvalue weighted by molar-refractivity contribution is 0.653. The molecule has 0 N–H and O–H groups in total. The maximum Gasteiger partial charge on any atom is 0.186 e. The van der Waals surface area contributed by atoms with E-state index in [-0.39, 0.29) is 0 Å². The molecule has 0 aliphatic heterocycles. The first-order chi connectivity index (χ1) is 10.8. The molecule has 4 aromatic rings. The summed E-state index contributed by atoms with van der Waals surface area (Å²) in [4.78, 5) is 8.78. The first-order valence-electron chi connectivity index (χ1n) is 7.12. The summed E-state index contributed by atoms with van der Waals surface area (Å²) in [6.45, 7) is 2.11. The Bertz CT molecular complexity index is 962. The summed E-state index contributed by atoms with van der Waals surface area (Å²) in [6, 6.07) is 16.5. The van der Waals surface area contributed by atoms with Gasteiger partial charge < -0.3 is 4.42 Å². The first-order valence-corrected chi connectivity index (χ1v) is 8.10. The minimum absolute atomic E-state index is 0.779. The molecule has 0 aliphatic carbocycles. The summed E-state index contributed by atoms with van der Waals surface area (Å²) in [5.74, 6) is 0.866. The Morgan fingerprint density at radius 1 is 1.05 bits per heavy atom. The van der Waals surface area contributed by atoms with Gasteiger partial charge in [-0.2, -0.15) is 0 Å². The highest BCUT2D eigenvalue weighted by Gasteiger charge is 2.13. The Labute approximate surface area is 132 Å². The van der Waals surface area contributed by atoms with E-state index < -0.39 is 0 Å². The highest BCUT2D eigenvalue weighted by atomic mass is 32.2. The molecule has 2 heterocycles. The number of aromatic nitrogens is 2. The van der Waals surface area contributed by atoms with Gasteiger partial charge in [-0.1, -0.05) is 53.7 Å². The minimum Gasteiger partial charge on any atom is -0.451 e. The van der Waals surface area contributed by atoms with Gasteiger partial charge in [-0.05, 0) is 24.6 Å². The van der Waals surface area contributed by atoms with Crippen molar-refractivity contribution in [2.45, 2.75) is 17.7 Å². The van der Waals surface area contributed by atoms with Crippen LogP contribution in [-0.4, -0.2) is 9.97 Å². The molecule has 0 bridgehead atoms. The third kappa shape index (κ3) is 2.35. The van der Waals surface area contributed by atoms with E-state index >= 15 is 0 Å². The number of hydrogen-bond acceptors (Lipinski definition) is 4. The standard InChI is InChI=1S/C18H14N2OS/c1-12-5-4-6-13(9-12)10-22-18-17-16(19-11-20-18)14-7-2-3-8-15(14)21-17/h2-9,11H,10H2,1H3. The van der Waals surface area contributed by atoms with Crippen LogP contribution >= 0.6 is 11.8 Å². The molecule has 0 radical (unpaired) electrons. The lowest BCUT2D eigenvalue weighted by atomic mass is 10.2. The zero-order valence-electron chi connectivity index (χ0n) is 12.1. The topological polar surface area (TPSA) is 38.9 Å². The molecule has 0 spiro atoms. The van der Waals surface area contributed by atoms with Crippen LogP contribution in [0.2, 0.25) is 0 Å². The van der Waals surface area contributed by atoms with Crippen molar-refractivity contribution >= 4 is 33.8 Å². The van der Waals surface area contributed by atoms with Crippen LogP contribution in [-0.2, 0) is 5.75 Å². The van der Waals surface area contributed by atoms with Gasteiger partial charge in [-0.15, -0.1) is 0 Å². The molecule has 0 unspecified atom stereocenters. The molecule has 22 heavy (non-hydrogen) atoms. The largest absolute Gasteiger partial charge is 0.451 e. The van der Waals surface area contributed by atoms with Crippen LogP contribution in [0, 0.1) is 6.92 Å². The fourth-order valence-electron chi connectivity index (χ4n) is 2.56. The quantitative estimate of drug-likeness (QED) is 0.395. The number of thioether (sulfide) groups is 1. The Balaban J connectivity index is 1.72. The van der Waals surface area contributed by atoms with E-state index in [0.717, 1.165) is 32.8 Å². The average molecular weight is 306 g/mol. The molecule has 0 amide bonds. The summed E-state index contributed by atoms with van der Waals surface area (Å²) in [5.41, 5.74) is 5.08. The van der Waals surface area contributed by atoms with E-state index in [1.807, 2.05) is 24.3 Å². The number of para-hydroxylation sites is 1. The van der Waals surface area contributed by atoms with Crippen LogP contribution in [0.3, 0.4) is 0 Å². The number of nitrogens with zero attached hydrogens (tertiary/aromatic N) is 2. The van der Waals surface area contributed by atoms with E-state index in [0.29, 0.717) is 0 Å². The third-order valence-electron chi connectivity index (χ3n) is 3.58. The maximum atomic E-state index is 5.95. The summed E-state index contributed by atoms with van der Waals surface area (Å²) in [6.07, 6.45) is 1.61. The van der Waals surface area contributed by atoms with Crippen LogP contribution in [0.1, 0.15) is 11.1 Å². The maximum absolute atomic E-state index is 5.95. The number of hydrogen-bond donors (Lipinski definition) is 0. The highest BCUT2D eigenvalue weighted by molar-refractivity contribution is 7.98. The van der Waals surface area contributed by atoms with E-state index in [1.54, 1.807) is 18.1 Å². The Morgan fingerprint density at radius 2 is 1.95 bits per heavy atom. The second kappa shape index (κ2) is 5.46. The Kier molecular flexibility index (Phi) is 3.31. The Morgan fingerprint density at radius 3 is 2.86 bits per heavy atom. The number of aryl methyl sites for hydroxylation is 1. The first kappa shape index (κ1) is 13.3. The van der Waals surface area contributed by atoms with E-state index in [1.165, 1.54) is 11.1 Å². The van der Waals surface area contributed by atoms with Gasteiger partial charge >= 0.3 is 0 Å². The molecule has 4 rings (SSSR count). The van der Waals surface area contributed by atoms with Gasteiger partial charge in [0.15, 0.2) is 5.58 Å². The monoisotopic (exact) mass is 306 g/mol. The molecule has 0 aliphatic rings. The fraction of sp³-hybridized carbons (Fsp3) is 0.111. The van der Waals surface area contributed by atoms with Crippen molar-refractivity contribution in [1.29, 1.82) is 0 Å². The third-order valence-corrected chi connectivity index (χ3v) is 4.63. The van der Waals surface area contributed by atoms with Gasteiger partial charge in [0.05, 0.1) is 0 Å². The molecular formula is C18H14N2OS. The summed E-state index contributed by atoms with van der Waals surface area (Å²) in [7, 11) is 0. The predicted octanol–water partition coefficient (Wildman–Crippen LogP) is 4.98. The number of rotatable bonds is 3. The van der Waals surface area contributed by atoms with Crippen molar-refractivity contribution in [3.63, 3.8) is 0 Å². The fourth-order valence-corrected chi connectivity index (χ4v) is 3.43. The van der Waals surface area contributed by atoms with Crippen LogP contribution in [0.5, 0.6) is 0 Å². The van der Waals surface area contributed by atoms with E-state index in [2.05, 4.69) is 41.2 Å². The van der Waals surface area contributed by atoms with Crippen LogP contribution < -0.4 is 0 Å². The Hall–Kier alpha value is -2.33. The predicted molar refractivity (Wildman–Crippen MR) is 90.1 cm³/mol. The minimum atomic E-state index is 0.779. The SMILES string of the molecule is Cc1cccc(CSc2ncnc3c2oc2ccccc23)c1. The van der Waals surface area contributed by atoms with Crippen molar-refractivity contribution in [2.75, 3.05) is 0 Å². The number of fused-ring (bicyclic) bond motifs is 3. The van der Waals surface area contributed by atoms with Crippen molar-refractivity contribution in [3.8, 4) is 0 Å². The second-order valence-corrected chi connectivity index (χ2v) is 6.20. The molecule has 0 atom stereocenters. The van der Waals surface area contributed by atoms with Gasteiger partial charge in [-0.3, -0.25) is 0 Å². The van der Waals surface area contributed by atoms with Gasteiger partial charge in [0.1, 0.15) is 22.5 Å². The van der Waals surface area contributed by atoms with Crippen molar-refractivity contribution < 1.29 is 4.42 Å². The molecule has 0 saturated carbocycles. The lowest BCUT2D eigenvalue weighted by Gasteiger charge is -2.02. The average Bonchev–Trinajstić information content (AvgIpc) is 2.92. The van der Waals surface area contributed by atoms with E-state index in [4.69, 9.17) is 4.42 Å². The summed E-state index contributed by atoms with van der Waals surface area (Å²) >= 11 is 1.68. The zero-order valence-corrected chi connectivity index (χ0v) is 12.9. The lowest BCUT2D eigenvalue weighted by Crippen LogP contribution is -1.86. The van der Waals surface area contributed by atoms with Gasteiger partial charge in [0, 0.05) is 11.1 Å². The zero-order chi connectivity index (χ0) is 14.9. The van der Waals surface area contributed by atoms with Crippen molar-refractivity contribution in [1.82, 2.24) is 9.97 Å². The van der Waals surface area contributed by atoms with E-state index in [9.17, 15) is 0 Å². The summed E-state index contributed by atoms with van der Waals surface area (Å²) in [5, 5.41) is 1.93. The number of furan rings is 1. The highest BCUT2D eigenvalue weighted by Crippen LogP contribution is 2.33. The molecule has 2 aromatic carbocycles. The van der Waals surface area contributed by atoms with Gasteiger partial charge in [0.25, 0.3) is 0 Å². The second-order valence-electron chi connectivity index (χ2n) is 5.23. The molecular weight excluding hydrogens is 292 g/mol. The van der Waals surface area contributed by atoms with Crippen LogP contribution in [0.15, 0.2) is 64.3 Å². The van der Waals surface area contributed by atoms with Crippen LogP contribution in [0.25, 0.3) is 22.1 Å². The molecule has 0 saturated heterocycles. The number of benzene rings is 2. The smallest absolute Gasteiger partial charge is 0.186 e. The molecule has 108 valence electrons. The molecule has 0 fully saturated rings. The van der Waals surface area contributed by atoms with Gasteiger partial charge in [-0.25, -0.2) is 9.97 Å². The van der Waals surface area contributed by atoms with Crippen molar-refractivity contribution in [3.05, 3.63) is 66.0 Å². The molecule has 3 nitrogen and oxygen atoms in total. The normalized spacial score (nSPS) is 11.3. The molecule has 4 heteroatoms. The van der Waals surface area contributed by atoms with Crippen LogP contribution in [0.4, 0.5) is 0 Å². The van der Waals surface area contributed by atoms with Crippen molar-refractivity contribution in [2.24, 2.45) is 0 Å². The van der Waals surface area contributed by atoms with Gasteiger partial charge in [0.2, 0.25) is 0 Å². The molecule has 2 aromatic heterocycles.